The number of nitrogens with zero attached hydrogens (tertiary/aromatic N) is 2. The van der Waals surface area contributed by atoms with Gasteiger partial charge in [0, 0.05) is 31.2 Å². The monoisotopic (exact) mass is 387 g/mol. The molecule has 0 aromatic heterocycles. The predicted octanol–water partition coefficient (Wildman–Crippen LogP) is 3.81. The molecule has 1 aliphatic heterocycles. The minimum atomic E-state index is -0.200. The fourth-order valence-corrected chi connectivity index (χ4v) is 3.41. The minimum Gasteiger partial charge on any atom is -0.483 e. The normalized spacial score (nSPS) is 14.9. The zero-order valence-corrected chi connectivity index (χ0v) is 16.6. The lowest BCUT2D eigenvalue weighted by Crippen LogP contribution is -2.46. The quantitative estimate of drug-likeness (QED) is 0.818. The standard InChI is InChI=1S/C21H26ClN3O2/c1-3-24-10-12-25(13-11-24)19-9-8-17(22)14-18(19)23-21(26)15-27-20-7-5-4-6-16(20)2/h4-9,14H,3,10-13,15H2,1-2H3,(H,23,26). The van der Waals surface area contributed by atoms with Crippen LogP contribution < -0.4 is 15.0 Å². The molecule has 2 aromatic carbocycles. The molecule has 144 valence electrons. The number of nitrogens with one attached hydrogen (secondary N) is 1. The Balaban J connectivity index is 1.66. The second kappa shape index (κ2) is 9.11. The number of hydrogen-bond donors (Lipinski definition) is 1. The van der Waals surface area contributed by atoms with Crippen LogP contribution in [0.5, 0.6) is 5.75 Å². The maximum atomic E-state index is 12.4. The Morgan fingerprint density at radius 3 is 2.59 bits per heavy atom. The molecule has 1 amide bonds. The Bertz CT molecular complexity index is 789. The highest BCUT2D eigenvalue weighted by atomic mass is 35.5. The van der Waals surface area contributed by atoms with Crippen LogP contribution in [0, 0.1) is 6.92 Å². The molecule has 1 N–H and O–H groups in total. The largest absolute Gasteiger partial charge is 0.483 e. The summed E-state index contributed by atoms with van der Waals surface area (Å²) in [4.78, 5) is 17.1. The van der Waals surface area contributed by atoms with Crippen molar-refractivity contribution in [2.75, 3.05) is 49.5 Å². The summed E-state index contributed by atoms with van der Waals surface area (Å²) in [5, 5.41) is 3.56. The van der Waals surface area contributed by atoms with E-state index >= 15 is 0 Å². The van der Waals surface area contributed by atoms with Gasteiger partial charge in [0.05, 0.1) is 11.4 Å². The number of halogens is 1. The molecule has 1 fully saturated rings. The number of rotatable bonds is 6. The van der Waals surface area contributed by atoms with Gasteiger partial charge in [-0.1, -0.05) is 36.7 Å². The molecule has 1 heterocycles. The van der Waals surface area contributed by atoms with Crippen molar-refractivity contribution in [1.29, 1.82) is 0 Å². The van der Waals surface area contributed by atoms with Crippen LogP contribution in [-0.2, 0) is 4.79 Å². The van der Waals surface area contributed by atoms with Gasteiger partial charge in [-0.2, -0.15) is 0 Å². The van der Waals surface area contributed by atoms with Gasteiger partial charge in [0.2, 0.25) is 0 Å². The zero-order valence-electron chi connectivity index (χ0n) is 15.9. The molecular formula is C21H26ClN3O2. The van der Waals surface area contributed by atoms with E-state index in [0.29, 0.717) is 5.02 Å². The number of carbonyl (C=O) groups is 1. The molecule has 0 spiro atoms. The van der Waals surface area contributed by atoms with E-state index in [-0.39, 0.29) is 12.5 Å². The van der Waals surface area contributed by atoms with E-state index in [0.717, 1.165) is 55.4 Å². The first kappa shape index (κ1) is 19.5. The van der Waals surface area contributed by atoms with Gasteiger partial charge in [0.1, 0.15) is 5.75 Å². The van der Waals surface area contributed by atoms with Gasteiger partial charge in [-0.3, -0.25) is 4.79 Å². The van der Waals surface area contributed by atoms with Gasteiger partial charge in [-0.25, -0.2) is 0 Å². The number of hydrogen-bond acceptors (Lipinski definition) is 4. The first-order valence-electron chi connectivity index (χ1n) is 9.32. The average molecular weight is 388 g/mol. The Morgan fingerprint density at radius 1 is 1.15 bits per heavy atom. The van der Waals surface area contributed by atoms with Crippen molar-refractivity contribution in [3.05, 3.63) is 53.1 Å². The van der Waals surface area contributed by atoms with Gasteiger partial charge in [-0.15, -0.1) is 0 Å². The third-order valence-corrected chi connectivity index (χ3v) is 5.08. The smallest absolute Gasteiger partial charge is 0.262 e. The molecule has 1 aliphatic rings. The van der Waals surface area contributed by atoms with Crippen molar-refractivity contribution < 1.29 is 9.53 Å². The number of aryl methyl sites for hydroxylation is 1. The summed E-state index contributed by atoms with van der Waals surface area (Å²) in [5.74, 6) is 0.517. The molecule has 0 bridgehead atoms. The van der Waals surface area contributed by atoms with Crippen LogP contribution in [0.2, 0.25) is 5.02 Å². The van der Waals surface area contributed by atoms with Crippen molar-refractivity contribution in [3.63, 3.8) is 0 Å². The number of amides is 1. The molecule has 0 atom stereocenters. The molecule has 1 saturated heterocycles. The van der Waals surface area contributed by atoms with E-state index in [1.165, 1.54) is 0 Å². The number of anilines is 2. The molecule has 5 nitrogen and oxygen atoms in total. The van der Waals surface area contributed by atoms with E-state index in [4.69, 9.17) is 16.3 Å². The summed E-state index contributed by atoms with van der Waals surface area (Å²) in [6.45, 7) is 9.05. The summed E-state index contributed by atoms with van der Waals surface area (Å²) < 4.78 is 5.65. The third-order valence-electron chi connectivity index (χ3n) is 4.85. The Hall–Kier alpha value is -2.24. The van der Waals surface area contributed by atoms with E-state index in [1.54, 1.807) is 6.07 Å². The van der Waals surface area contributed by atoms with E-state index in [1.807, 2.05) is 43.3 Å². The highest BCUT2D eigenvalue weighted by Crippen LogP contribution is 2.30. The second-order valence-corrected chi connectivity index (χ2v) is 7.12. The van der Waals surface area contributed by atoms with Gasteiger partial charge >= 0.3 is 0 Å². The number of piperazine rings is 1. The Labute approximate surface area is 165 Å². The molecule has 27 heavy (non-hydrogen) atoms. The first-order chi connectivity index (χ1) is 13.1. The molecule has 6 heteroatoms. The molecule has 0 radical (unpaired) electrons. The zero-order chi connectivity index (χ0) is 19.2. The maximum absolute atomic E-state index is 12.4. The van der Waals surface area contributed by atoms with Crippen molar-refractivity contribution in [2.45, 2.75) is 13.8 Å². The molecule has 3 rings (SSSR count). The van der Waals surface area contributed by atoms with Crippen LogP contribution in [0.15, 0.2) is 42.5 Å². The van der Waals surface area contributed by atoms with Crippen molar-refractivity contribution in [3.8, 4) is 5.75 Å². The lowest BCUT2D eigenvalue weighted by molar-refractivity contribution is -0.118. The number of carbonyl (C=O) groups excluding carboxylic acids is 1. The molecule has 0 aliphatic carbocycles. The average Bonchev–Trinajstić information content (AvgIpc) is 2.68. The van der Waals surface area contributed by atoms with E-state index in [2.05, 4.69) is 22.0 Å². The van der Waals surface area contributed by atoms with Crippen molar-refractivity contribution in [2.24, 2.45) is 0 Å². The molecule has 0 saturated carbocycles. The molecule has 0 unspecified atom stereocenters. The number of likely N-dealkylation sites (N-methyl/N-ethyl adjacent to an activating group) is 1. The van der Waals surface area contributed by atoms with Crippen LogP contribution in [-0.4, -0.2) is 50.1 Å². The first-order valence-corrected chi connectivity index (χ1v) is 9.69. The van der Waals surface area contributed by atoms with Crippen LogP contribution in [0.4, 0.5) is 11.4 Å². The fraction of sp³-hybridized carbons (Fsp3) is 0.381. The fourth-order valence-electron chi connectivity index (χ4n) is 3.24. The van der Waals surface area contributed by atoms with E-state index < -0.39 is 0 Å². The predicted molar refractivity (Wildman–Crippen MR) is 111 cm³/mol. The number of para-hydroxylation sites is 1. The van der Waals surface area contributed by atoms with Crippen LogP contribution >= 0.6 is 11.6 Å². The van der Waals surface area contributed by atoms with Gasteiger partial charge in [-0.05, 0) is 43.3 Å². The van der Waals surface area contributed by atoms with Crippen molar-refractivity contribution in [1.82, 2.24) is 4.90 Å². The topological polar surface area (TPSA) is 44.8 Å². The summed E-state index contributed by atoms with van der Waals surface area (Å²) in [6, 6.07) is 13.3. The van der Waals surface area contributed by atoms with Crippen LogP contribution in [0.3, 0.4) is 0 Å². The highest BCUT2D eigenvalue weighted by molar-refractivity contribution is 6.31. The number of benzene rings is 2. The van der Waals surface area contributed by atoms with Crippen LogP contribution in [0.1, 0.15) is 12.5 Å². The second-order valence-electron chi connectivity index (χ2n) is 6.69. The Morgan fingerprint density at radius 2 is 1.89 bits per heavy atom. The highest BCUT2D eigenvalue weighted by Gasteiger charge is 2.19. The summed E-state index contributed by atoms with van der Waals surface area (Å²) in [7, 11) is 0. The maximum Gasteiger partial charge on any atom is 0.262 e. The molecular weight excluding hydrogens is 362 g/mol. The minimum absolute atomic E-state index is 0.0413. The van der Waals surface area contributed by atoms with E-state index in [9.17, 15) is 4.79 Å². The van der Waals surface area contributed by atoms with Gasteiger partial charge in [0.25, 0.3) is 5.91 Å². The lowest BCUT2D eigenvalue weighted by atomic mass is 10.2. The lowest BCUT2D eigenvalue weighted by Gasteiger charge is -2.36. The Kier molecular flexibility index (Phi) is 6.58. The van der Waals surface area contributed by atoms with Crippen LogP contribution in [0.25, 0.3) is 0 Å². The third kappa shape index (κ3) is 5.15. The SMILES string of the molecule is CCN1CCN(c2ccc(Cl)cc2NC(=O)COc2ccccc2C)CC1. The summed E-state index contributed by atoms with van der Waals surface area (Å²) in [5.41, 5.74) is 2.73. The molecule has 2 aromatic rings. The summed E-state index contributed by atoms with van der Waals surface area (Å²) in [6.07, 6.45) is 0. The summed E-state index contributed by atoms with van der Waals surface area (Å²) >= 11 is 6.17. The number of ether oxygens (including phenoxy) is 1. The van der Waals surface area contributed by atoms with Gasteiger partial charge in [0.15, 0.2) is 6.61 Å². The van der Waals surface area contributed by atoms with Gasteiger partial charge < -0.3 is 19.9 Å². The van der Waals surface area contributed by atoms with Crippen molar-refractivity contribution >= 4 is 28.9 Å².